The van der Waals surface area contributed by atoms with Crippen molar-refractivity contribution in [2.45, 2.75) is 12.0 Å². The Hall–Kier alpha value is -2.45. The fraction of sp³-hybridized carbons (Fsp3) is 0.300. The van der Waals surface area contributed by atoms with E-state index < -0.39 is 41.0 Å². The number of hydrogen-bond acceptors (Lipinski definition) is 5. The topological polar surface area (TPSA) is 102 Å². The highest BCUT2D eigenvalue weighted by Gasteiger charge is 2.47. The molecule has 9 heteroatoms. The summed E-state index contributed by atoms with van der Waals surface area (Å²) in [6.07, 6.45) is -1.04. The normalized spacial score (nSPS) is 21.4. The zero-order chi connectivity index (χ0) is 14.2. The predicted molar refractivity (Wildman–Crippen MR) is 56.9 cm³/mol. The first-order valence-electron chi connectivity index (χ1n) is 5.09. The quantitative estimate of drug-likeness (QED) is 0.631. The number of nitro benzene ring substituents is 1. The van der Waals surface area contributed by atoms with Crippen LogP contribution in [0.1, 0.15) is 11.6 Å². The molecule has 0 aliphatic carbocycles. The van der Waals surface area contributed by atoms with E-state index in [0.29, 0.717) is 0 Å². The highest BCUT2D eigenvalue weighted by atomic mass is 19.3. The van der Waals surface area contributed by atoms with E-state index in [-0.39, 0.29) is 5.56 Å². The van der Waals surface area contributed by atoms with Crippen LogP contribution in [-0.2, 0) is 4.74 Å². The number of nitro groups is 1. The fourth-order valence-electron chi connectivity index (χ4n) is 1.70. The Bertz CT molecular complexity index is 549. The smallest absolute Gasteiger partial charge is 0.408 e. The number of nitrogens with one attached hydrogen (secondary N) is 1. The minimum Gasteiger partial charge on any atom is -0.502 e. The van der Waals surface area contributed by atoms with E-state index in [1.165, 1.54) is 0 Å². The van der Waals surface area contributed by atoms with Crippen LogP contribution in [0.3, 0.4) is 0 Å². The SMILES string of the molecule is O=C1N[C@@H](c2ccc(O)c([N+](=O)[O-])c2)C(F)(F)CO1. The van der Waals surface area contributed by atoms with Crippen LogP contribution in [0.4, 0.5) is 19.3 Å². The zero-order valence-electron chi connectivity index (χ0n) is 9.30. The maximum Gasteiger partial charge on any atom is 0.408 e. The molecule has 1 aromatic rings. The molecule has 1 aliphatic heterocycles. The van der Waals surface area contributed by atoms with E-state index in [0.717, 1.165) is 18.2 Å². The van der Waals surface area contributed by atoms with Crippen molar-refractivity contribution in [1.29, 1.82) is 0 Å². The van der Waals surface area contributed by atoms with Crippen molar-refractivity contribution in [3.05, 3.63) is 33.9 Å². The van der Waals surface area contributed by atoms with Gasteiger partial charge in [-0.15, -0.1) is 0 Å². The summed E-state index contributed by atoms with van der Waals surface area (Å²) in [7, 11) is 0. The number of phenolic OH excluding ortho intramolecular Hbond substituents is 1. The van der Waals surface area contributed by atoms with Gasteiger partial charge in [0.25, 0.3) is 0 Å². The molecule has 19 heavy (non-hydrogen) atoms. The van der Waals surface area contributed by atoms with Crippen LogP contribution in [-0.4, -0.2) is 28.7 Å². The van der Waals surface area contributed by atoms with Gasteiger partial charge in [-0.25, -0.2) is 13.6 Å². The number of aromatic hydroxyl groups is 1. The van der Waals surface area contributed by atoms with E-state index in [9.17, 15) is 28.8 Å². The van der Waals surface area contributed by atoms with Gasteiger partial charge < -0.3 is 15.2 Å². The van der Waals surface area contributed by atoms with Gasteiger partial charge in [-0.3, -0.25) is 10.1 Å². The molecule has 1 aliphatic rings. The van der Waals surface area contributed by atoms with Gasteiger partial charge >= 0.3 is 17.7 Å². The number of hydrogen-bond donors (Lipinski definition) is 2. The lowest BCUT2D eigenvalue weighted by Crippen LogP contribution is -2.49. The minimum atomic E-state index is -3.40. The summed E-state index contributed by atoms with van der Waals surface area (Å²) in [4.78, 5) is 20.7. The number of alkyl halides is 2. The van der Waals surface area contributed by atoms with Crippen molar-refractivity contribution in [2.24, 2.45) is 0 Å². The third kappa shape index (κ3) is 2.39. The molecule has 0 spiro atoms. The minimum absolute atomic E-state index is 0.189. The summed E-state index contributed by atoms with van der Waals surface area (Å²) >= 11 is 0. The van der Waals surface area contributed by atoms with E-state index in [2.05, 4.69) is 4.74 Å². The molecule has 1 aromatic carbocycles. The predicted octanol–water partition coefficient (Wildman–Crippen LogP) is 1.72. The maximum absolute atomic E-state index is 13.6. The third-order valence-electron chi connectivity index (χ3n) is 2.61. The second-order valence-electron chi connectivity index (χ2n) is 3.92. The van der Waals surface area contributed by atoms with Crippen molar-refractivity contribution in [2.75, 3.05) is 6.61 Å². The number of phenols is 1. The van der Waals surface area contributed by atoms with Gasteiger partial charge in [0.1, 0.15) is 6.04 Å². The van der Waals surface area contributed by atoms with Gasteiger partial charge in [-0.2, -0.15) is 0 Å². The Morgan fingerprint density at radius 2 is 2.21 bits per heavy atom. The highest BCUT2D eigenvalue weighted by molar-refractivity contribution is 5.69. The Labute approximate surface area is 104 Å². The molecule has 0 aromatic heterocycles. The molecule has 2 N–H and O–H groups in total. The van der Waals surface area contributed by atoms with Crippen LogP contribution in [0, 0.1) is 10.1 Å². The van der Waals surface area contributed by atoms with Gasteiger partial charge in [0, 0.05) is 6.07 Å². The maximum atomic E-state index is 13.6. The molecule has 1 fully saturated rings. The molecule has 102 valence electrons. The van der Waals surface area contributed by atoms with Crippen LogP contribution < -0.4 is 5.32 Å². The lowest BCUT2D eigenvalue weighted by atomic mass is 9.99. The average Bonchev–Trinajstić information content (AvgIpc) is 2.33. The number of ether oxygens (including phenoxy) is 1. The molecule has 0 saturated carbocycles. The third-order valence-corrected chi connectivity index (χ3v) is 2.61. The molecule has 0 radical (unpaired) electrons. The van der Waals surface area contributed by atoms with E-state index >= 15 is 0 Å². The molecular weight excluding hydrogens is 266 g/mol. The van der Waals surface area contributed by atoms with E-state index in [1.54, 1.807) is 0 Å². The van der Waals surface area contributed by atoms with Gasteiger partial charge in [0.2, 0.25) is 0 Å². The van der Waals surface area contributed by atoms with E-state index in [1.807, 2.05) is 5.32 Å². The second kappa shape index (κ2) is 4.34. The first-order valence-corrected chi connectivity index (χ1v) is 5.09. The molecule has 1 atom stereocenters. The lowest BCUT2D eigenvalue weighted by molar-refractivity contribution is -0.386. The van der Waals surface area contributed by atoms with Gasteiger partial charge in [-0.1, -0.05) is 6.07 Å². The summed E-state index contributed by atoms with van der Waals surface area (Å²) in [5, 5.41) is 21.8. The fourth-order valence-corrected chi connectivity index (χ4v) is 1.70. The molecule has 0 unspecified atom stereocenters. The molecule has 1 amide bonds. The number of carbonyl (C=O) groups excluding carboxylic acids is 1. The first kappa shape index (κ1) is 13.0. The summed E-state index contributed by atoms with van der Waals surface area (Å²) in [6.45, 7) is -1.11. The van der Waals surface area contributed by atoms with Crippen molar-refractivity contribution >= 4 is 11.8 Å². The largest absolute Gasteiger partial charge is 0.502 e. The Morgan fingerprint density at radius 1 is 1.53 bits per heavy atom. The van der Waals surface area contributed by atoms with Crippen molar-refractivity contribution in [3.63, 3.8) is 0 Å². The van der Waals surface area contributed by atoms with Gasteiger partial charge in [0.15, 0.2) is 12.4 Å². The summed E-state index contributed by atoms with van der Waals surface area (Å²) in [5.74, 6) is -4.05. The Morgan fingerprint density at radius 3 is 2.84 bits per heavy atom. The van der Waals surface area contributed by atoms with Crippen LogP contribution in [0.5, 0.6) is 5.75 Å². The molecule has 1 heterocycles. The highest BCUT2D eigenvalue weighted by Crippen LogP contribution is 2.37. The average molecular weight is 274 g/mol. The lowest BCUT2D eigenvalue weighted by Gasteiger charge is -2.31. The summed E-state index contributed by atoms with van der Waals surface area (Å²) in [6, 6.07) is 1.05. The summed E-state index contributed by atoms with van der Waals surface area (Å²) in [5.41, 5.74) is -0.903. The number of benzene rings is 1. The van der Waals surface area contributed by atoms with Crippen LogP contribution in [0.2, 0.25) is 0 Å². The number of alkyl carbamates (subject to hydrolysis) is 1. The molecule has 1 saturated heterocycles. The van der Waals surface area contributed by atoms with E-state index in [4.69, 9.17) is 0 Å². The zero-order valence-corrected chi connectivity index (χ0v) is 9.30. The summed E-state index contributed by atoms with van der Waals surface area (Å²) < 4.78 is 31.3. The Kier molecular flexibility index (Phi) is 2.97. The number of cyclic esters (lactones) is 1. The molecule has 2 rings (SSSR count). The van der Waals surface area contributed by atoms with Crippen molar-refractivity contribution < 1.29 is 28.3 Å². The molecule has 0 bridgehead atoms. The molecule has 7 nitrogen and oxygen atoms in total. The monoisotopic (exact) mass is 274 g/mol. The molecular formula is C10H8F2N2O5. The Balaban J connectivity index is 2.42. The van der Waals surface area contributed by atoms with Crippen LogP contribution in [0.25, 0.3) is 0 Å². The standard InChI is InChI=1S/C10H8F2N2O5/c11-10(12)4-19-9(16)13-8(10)5-1-2-7(15)6(3-5)14(17)18/h1-3,8,15H,4H2,(H,13,16)/t8-/m0/s1. The number of nitrogens with zero attached hydrogens (tertiary/aromatic N) is 1. The van der Waals surface area contributed by atoms with Crippen molar-refractivity contribution in [1.82, 2.24) is 5.32 Å². The number of amides is 1. The second-order valence-corrected chi connectivity index (χ2v) is 3.92. The number of rotatable bonds is 2. The number of carbonyl (C=O) groups is 1. The van der Waals surface area contributed by atoms with Crippen LogP contribution in [0.15, 0.2) is 18.2 Å². The number of halogens is 2. The first-order chi connectivity index (χ1) is 8.81. The van der Waals surface area contributed by atoms with Crippen LogP contribution >= 0.6 is 0 Å². The van der Waals surface area contributed by atoms with Gasteiger partial charge in [-0.05, 0) is 11.6 Å². The van der Waals surface area contributed by atoms with Crippen molar-refractivity contribution in [3.8, 4) is 5.75 Å². The van der Waals surface area contributed by atoms with Gasteiger partial charge in [0.05, 0.1) is 4.92 Å².